The minimum atomic E-state index is -0.223. The van der Waals surface area contributed by atoms with Crippen LogP contribution in [-0.2, 0) is 20.6 Å². The third-order valence-corrected chi connectivity index (χ3v) is 3.73. The first-order valence-corrected chi connectivity index (χ1v) is 8.02. The molecule has 1 aliphatic heterocycles. The van der Waals surface area contributed by atoms with E-state index in [1.807, 2.05) is 6.07 Å². The monoisotopic (exact) mass is 292 g/mol. The van der Waals surface area contributed by atoms with Gasteiger partial charge in [0.2, 0.25) is 0 Å². The summed E-state index contributed by atoms with van der Waals surface area (Å²) in [5.41, 5.74) is 1.06. The maximum Gasteiger partial charge on any atom is 0.107 e. The Morgan fingerprint density at radius 3 is 2.67 bits per heavy atom. The highest BCUT2D eigenvalue weighted by atomic mass is 16.6. The Balaban J connectivity index is 1.93. The van der Waals surface area contributed by atoms with E-state index in [9.17, 15) is 0 Å². The molecule has 0 spiro atoms. The van der Waals surface area contributed by atoms with Crippen LogP contribution in [0.5, 0.6) is 0 Å². The molecule has 1 aromatic rings. The average molecular weight is 292 g/mol. The van der Waals surface area contributed by atoms with E-state index < -0.39 is 0 Å². The van der Waals surface area contributed by atoms with Crippen molar-refractivity contribution < 1.29 is 14.2 Å². The van der Waals surface area contributed by atoms with Crippen molar-refractivity contribution in [2.24, 2.45) is 0 Å². The SMILES string of the molecule is CCCCOC[C@@H]1OCC(C)(C)O[C@H]1Cc1ccccc1. The van der Waals surface area contributed by atoms with Gasteiger partial charge in [0, 0.05) is 13.0 Å². The highest BCUT2D eigenvalue weighted by Crippen LogP contribution is 2.26. The largest absolute Gasteiger partial charge is 0.379 e. The highest BCUT2D eigenvalue weighted by molar-refractivity contribution is 5.16. The first-order valence-electron chi connectivity index (χ1n) is 8.02. The zero-order valence-corrected chi connectivity index (χ0v) is 13.5. The van der Waals surface area contributed by atoms with E-state index in [4.69, 9.17) is 14.2 Å². The number of benzene rings is 1. The first-order chi connectivity index (χ1) is 10.1. The number of hydrogen-bond acceptors (Lipinski definition) is 3. The van der Waals surface area contributed by atoms with Crippen LogP contribution in [0, 0.1) is 0 Å². The van der Waals surface area contributed by atoms with Gasteiger partial charge < -0.3 is 14.2 Å². The van der Waals surface area contributed by atoms with Crippen LogP contribution in [0.25, 0.3) is 0 Å². The standard InChI is InChI=1S/C18H28O3/c1-4-5-11-19-13-17-16(21-18(2,3)14-20-17)12-15-9-7-6-8-10-15/h6-10,16-17H,4-5,11-14H2,1-3H3/t16-,17-/m0/s1. The van der Waals surface area contributed by atoms with Gasteiger partial charge in [-0.15, -0.1) is 0 Å². The topological polar surface area (TPSA) is 27.7 Å². The second-order valence-corrected chi connectivity index (χ2v) is 6.38. The molecule has 0 aliphatic carbocycles. The number of ether oxygens (including phenoxy) is 3. The zero-order chi connectivity index (χ0) is 15.1. The third kappa shape index (κ3) is 5.42. The molecule has 2 atom stereocenters. The van der Waals surface area contributed by atoms with Crippen LogP contribution in [0.4, 0.5) is 0 Å². The Morgan fingerprint density at radius 1 is 1.19 bits per heavy atom. The van der Waals surface area contributed by atoms with E-state index in [-0.39, 0.29) is 17.8 Å². The Kier molecular flexibility index (Phi) is 6.22. The number of rotatable bonds is 7. The van der Waals surface area contributed by atoms with Crippen LogP contribution in [0.3, 0.4) is 0 Å². The van der Waals surface area contributed by atoms with Crippen LogP contribution in [-0.4, -0.2) is 37.6 Å². The average Bonchev–Trinajstić information content (AvgIpc) is 2.46. The molecule has 0 radical (unpaired) electrons. The normalized spacial score (nSPS) is 24.9. The molecule has 0 bridgehead atoms. The van der Waals surface area contributed by atoms with Gasteiger partial charge >= 0.3 is 0 Å². The second-order valence-electron chi connectivity index (χ2n) is 6.38. The van der Waals surface area contributed by atoms with Gasteiger partial charge in [-0.1, -0.05) is 43.7 Å². The van der Waals surface area contributed by atoms with Gasteiger partial charge in [-0.3, -0.25) is 0 Å². The van der Waals surface area contributed by atoms with Crippen molar-refractivity contribution in [1.29, 1.82) is 0 Å². The molecule has 3 nitrogen and oxygen atoms in total. The predicted octanol–water partition coefficient (Wildman–Crippen LogP) is 3.61. The summed E-state index contributed by atoms with van der Waals surface area (Å²) in [5, 5.41) is 0. The third-order valence-electron chi connectivity index (χ3n) is 3.73. The Bertz CT molecular complexity index is 402. The lowest BCUT2D eigenvalue weighted by Gasteiger charge is -2.41. The summed E-state index contributed by atoms with van der Waals surface area (Å²) in [4.78, 5) is 0. The molecule has 1 aliphatic rings. The van der Waals surface area contributed by atoms with Crippen molar-refractivity contribution in [3.05, 3.63) is 35.9 Å². The number of hydrogen-bond donors (Lipinski definition) is 0. The van der Waals surface area contributed by atoms with Gasteiger partial charge in [-0.05, 0) is 25.8 Å². The van der Waals surface area contributed by atoms with Crippen LogP contribution in [0.15, 0.2) is 30.3 Å². The van der Waals surface area contributed by atoms with Gasteiger partial charge in [0.05, 0.1) is 24.9 Å². The van der Waals surface area contributed by atoms with E-state index >= 15 is 0 Å². The van der Waals surface area contributed by atoms with E-state index in [2.05, 4.69) is 45.0 Å². The van der Waals surface area contributed by atoms with Crippen molar-refractivity contribution in [3.8, 4) is 0 Å². The molecule has 0 saturated carbocycles. The van der Waals surface area contributed by atoms with Gasteiger partial charge in [-0.2, -0.15) is 0 Å². The Morgan fingerprint density at radius 2 is 1.95 bits per heavy atom. The molecule has 2 rings (SSSR count). The van der Waals surface area contributed by atoms with Gasteiger partial charge in [-0.25, -0.2) is 0 Å². The van der Waals surface area contributed by atoms with E-state index in [1.165, 1.54) is 5.56 Å². The highest BCUT2D eigenvalue weighted by Gasteiger charge is 2.36. The lowest BCUT2D eigenvalue weighted by molar-refractivity contribution is -0.228. The van der Waals surface area contributed by atoms with Crippen LogP contribution >= 0.6 is 0 Å². The summed E-state index contributed by atoms with van der Waals surface area (Å²) < 4.78 is 18.0. The Hall–Kier alpha value is -0.900. The minimum absolute atomic E-state index is 0.0232. The molecule has 0 amide bonds. The fourth-order valence-corrected chi connectivity index (χ4v) is 2.56. The molecule has 0 aromatic heterocycles. The summed E-state index contributed by atoms with van der Waals surface area (Å²) in [7, 11) is 0. The van der Waals surface area contributed by atoms with Gasteiger partial charge in [0.25, 0.3) is 0 Å². The molecule has 1 saturated heterocycles. The fraction of sp³-hybridized carbons (Fsp3) is 0.667. The molecule has 1 fully saturated rings. The minimum Gasteiger partial charge on any atom is -0.379 e. The van der Waals surface area contributed by atoms with E-state index in [0.29, 0.717) is 13.2 Å². The first kappa shape index (κ1) is 16.5. The molecular formula is C18H28O3. The summed E-state index contributed by atoms with van der Waals surface area (Å²) in [6.45, 7) is 8.38. The molecule has 0 unspecified atom stereocenters. The van der Waals surface area contributed by atoms with Gasteiger partial charge in [0.15, 0.2) is 0 Å². The van der Waals surface area contributed by atoms with Crippen LogP contribution in [0.2, 0.25) is 0 Å². The van der Waals surface area contributed by atoms with Crippen LogP contribution < -0.4 is 0 Å². The summed E-state index contributed by atoms with van der Waals surface area (Å²) in [5.74, 6) is 0. The molecule has 1 heterocycles. The molecule has 0 N–H and O–H groups in total. The molecule has 1 aromatic carbocycles. The fourth-order valence-electron chi connectivity index (χ4n) is 2.56. The van der Waals surface area contributed by atoms with Crippen molar-refractivity contribution in [1.82, 2.24) is 0 Å². The van der Waals surface area contributed by atoms with Crippen molar-refractivity contribution in [2.75, 3.05) is 19.8 Å². The van der Waals surface area contributed by atoms with E-state index in [0.717, 1.165) is 25.9 Å². The Labute approximate surface area is 128 Å². The quantitative estimate of drug-likeness (QED) is 0.719. The van der Waals surface area contributed by atoms with E-state index in [1.54, 1.807) is 0 Å². The lowest BCUT2D eigenvalue weighted by atomic mass is 10.00. The summed E-state index contributed by atoms with van der Waals surface area (Å²) >= 11 is 0. The molecule has 3 heteroatoms. The maximum atomic E-state index is 6.24. The van der Waals surface area contributed by atoms with Crippen LogP contribution in [0.1, 0.15) is 39.2 Å². The zero-order valence-electron chi connectivity index (χ0n) is 13.5. The van der Waals surface area contributed by atoms with Crippen molar-refractivity contribution >= 4 is 0 Å². The lowest BCUT2D eigenvalue weighted by Crippen LogP contribution is -2.51. The van der Waals surface area contributed by atoms with Crippen molar-refractivity contribution in [2.45, 2.75) is 57.8 Å². The summed E-state index contributed by atoms with van der Waals surface area (Å²) in [6, 6.07) is 10.4. The molecule has 21 heavy (non-hydrogen) atoms. The predicted molar refractivity (Wildman–Crippen MR) is 84.6 cm³/mol. The maximum absolute atomic E-state index is 6.24. The molecular weight excluding hydrogens is 264 g/mol. The summed E-state index contributed by atoms with van der Waals surface area (Å²) in [6.07, 6.45) is 3.20. The smallest absolute Gasteiger partial charge is 0.107 e. The molecule has 118 valence electrons. The van der Waals surface area contributed by atoms with Crippen molar-refractivity contribution in [3.63, 3.8) is 0 Å². The second kappa shape index (κ2) is 7.92. The van der Waals surface area contributed by atoms with Gasteiger partial charge in [0.1, 0.15) is 6.10 Å². The number of unbranched alkanes of at least 4 members (excludes halogenated alkanes) is 1.